The Bertz CT molecular complexity index is 574. The van der Waals surface area contributed by atoms with E-state index in [1.807, 2.05) is 17.8 Å². The van der Waals surface area contributed by atoms with E-state index in [0.717, 1.165) is 18.4 Å². The first-order valence-corrected chi connectivity index (χ1v) is 7.84. The maximum absolute atomic E-state index is 13.3. The van der Waals surface area contributed by atoms with E-state index in [4.69, 9.17) is 5.73 Å². The largest absolute Gasteiger partial charge is 0.330 e. The molecule has 0 saturated heterocycles. The highest BCUT2D eigenvalue weighted by atomic mass is 32.2. The van der Waals surface area contributed by atoms with Crippen LogP contribution >= 0.6 is 11.8 Å². The average Bonchev–Trinajstić information content (AvgIpc) is 2.87. The van der Waals surface area contributed by atoms with E-state index < -0.39 is 0 Å². The molecule has 1 aliphatic heterocycles. The molecule has 2 N–H and O–H groups in total. The van der Waals surface area contributed by atoms with Crippen LogP contribution in [0.5, 0.6) is 0 Å². The van der Waals surface area contributed by atoms with Crippen LogP contribution in [0.25, 0.3) is 0 Å². The molecule has 3 heteroatoms. The molecule has 2 unspecified atom stereocenters. The summed E-state index contributed by atoms with van der Waals surface area (Å²) in [6.45, 7) is 0.566. The zero-order valence-corrected chi connectivity index (χ0v) is 12.1. The molecule has 1 heterocycles. The molecular formula is C17H18FNS. The quantitative estimate of drug-likeness (QED) is 0.920. The molecule has 1 aliphatic rings. The Morgan fingerprint density at radius 3 is 2.80 bits per heavy atom. The summed E-state index contributed by atoms with van der Waals surface area (Å²) in [5.74, 6) is 0.0563. The van der Waals surface area contributed by atoms with Gasteiger partial charge in [-0.05, 0) is 54.6 Å². The monoisotopic (exact) mass is 287 g/mol. The molecule has 0 aromatic heterocycles. The molecule has 0 spiro atoms. The Kier molecular flexibility index (Phi) is 4.08. The van der Waals surface area contributed by atoms with Crippen molar-refractivity contribution in [1.29, 1.82) is 0 Å². The van der Waals surface area contributed by atoms with E-state index >= 15 is 0 Å². The van der Waals surface area contributed by atoms with Crippen molar-refractivity contribution in [3.05, 3.63) is 65.5 Å². The van der Waals surface area contributed by atoms with Crippen molar-refractivity contribution in [3.8, 4) is 0 Å². The Morgan fingerprint density at radius 1 is 1.20 bits per heavy atom. The van der Waals surface area contributed by atoms with Gasteiger partial charge >= 0.3 is 0 Å². The Labute approximate surface area is 123 Å². The van der Waals surface area contributed by atoms with Crippen molar-refractivity contribution >= 4 is 11.8 Å². The van der Waals surface area contributed by atoms with Crippen molar-refractivity contribution in [2.24, 2.45) is 5.73 Å². The normalized spacial score (nSPS) is 18.8. The first-order chi connectivity index (χ1) is 9.76. The summed E-state index contributed by atoms with van der Waals surface area (Å²) in [5, 5.41) is 0.546. The molecule has 2 aromatic rings. The van der Waals surface area contributed by atoms with Gasteiger partial charge in [0.1, 0.15) is 5.82 Å². The Balaban J connectivity index is 1.71. The van der Waals surface area contributed by atoms with Gasteiger partial charge in [0.25, 0.3) is 0 Å². The van der Waals surface area contributed by atoms with Crippen molar-refractivity contribution in [2.45, 2.75) is 28.9 Å². The lowest BCUT2D eigenvalue weighted by molar-refractivity contribution is 0.595. The van der Waals surface area contributed by atoms with Gasteiger partial charge in [-0.25, -0.2) is 4.39 Å². The number of hydrogen-bond donors (Lipinski definition) is 1. The van der Waals surface area contributed by atoms with Crippen LogP contribution in [0.1, 0.15) is 23.5 Å². The van der Waals surface area contributed by atoms with Crippen molar-refractivity contribution in [3.63, 3.8) is 0 Å². The number of benzene rings is 2. The standard InChI is InChI=1S/C17H18FNS/c18-15-6-3-5-12(8-15)14(11-19)10-16-9-13-4-1-2-7-17(13)20-16/h1-8,14,16H,9-11,19H2. The van der Waals surface area contributed by atoms with Crippen LogP contribution in [-0.2, 0) is 6.42 Å². The zero-order chi connectivity index (χ0) is 13.9. The Morgan fingerprint density at radius 2 is 2.05 bits per heavy atom. The minimum Gasteiger partial charge on any atom is -0.330 e. The first kappa shape index (κ1) is 13.7. The number of halogens is 1. The number of hydrogen-bond acceptors (Lipinski definition) is 2. The second-order valence-corrected chi connectivity index (χ2v) is 6.62. The minimum atomic E-state index is -0.177. The summed E-state index contributed by atoms with van der Waals surface area (Å²) in [5.41, 5.74) is 8.35. The molecule has 0 aliphatic carbocycles. The predicted octanol–water partition coefficient (Wildman–Crippen LogP) is 3.98. The van der Waals surface area contributed by atoms with Gasteiger partial charge in [0.2, 0.25) is 0 Å². The summed E-state index contributed by atoms with van der Waals surface area (Å²) in [6.07, 6.45) is 2.09. The first-order valence-electron chi connectivity index (χ1n) is 6.96. The molecule has 0 saturated carbocycles. The van der Waals surface area contributed by atoms with Gasteiger partial charge in [0.15, 0.2) is 0 Å². The highest BCUT2D eigenvalue weighted by Crippen LogP contribution is 2.40. The van der Waals surface area contributed by atoms with Gasteiger partial charge in [-0.3, -0.25) is 0 Å². The molecule has 0 bridgehead atoms. The maximum Gasteiger partial charge on any atom is 0.123 e. The summed E-state index contributed by atoms with van der Waals surface area (Å²) in [4.78, 5) is 1.38. The molecule has 2 atom stereocenters. The SMILES string of the molecule is NCC(CC1Cc2ccccc2S1)c1cccc(F)c1. The lowest BCUT2D eigenvalue weighted by atomic mass is 9.92. The van der Waals surface area contributed by atoms with Gasteiger partial charge in [-0.2, -0.15) is 0 Å². The van der Waals surface area contributed by atoms with Crippen LogP contribution in [-0.4, -0.2) is 11.8 Å². The average molecular weight is 287 g/mol. The minimum absolute atomic E-state index is 0.177. The lowest BCUT2D eigenvalue weighted by Gasteiger charge is -2.19. The van der Waals surface area contributed by atoms with Gasteiger partial charge in [0, 0.05) is 10.1 Å². The molecule has 0 radical (unpaired) electrons. The van der Waals surface area contributed by atoms with Crippen molar-refractivity contribution in [1.82, 2.24) is 0 Å². The zero-order valence-electron chi connectivity index (χ0n) is 11.3. The summed E-state index contributed by atoms with van der Waals surface area (Å²) < 4.78 is 13.3. The molecular weight excluding hydrogens is 269 g/mol. The predicted molar refractivity (Wildman–Crippen MR) is 82.6 cm³/mol. The van der Waals surface area contributed by atoms with Crippen LogP contribution in [0.3, 0.4) is 0 Å². The highest BCUT2D eigenvalue weighted by molar-refractivity contribution is 8.00. The maximum atomic E-state index is 13.3. The third kappa shape index (κ3) is 2.89. The summed E-state index contributed by atoms with van der Waals surface area (Å²) in [6, 6.07) is 15.4. The molecule has 1 nitrogen and oxygen atoms in total. The van der Waals surface area contributed by atoms with Crippen LogP contribution in [0.2, 0.25) is 0 Å². The van der Waals surface area contributed by atoms with Gasteiger partial charge < -0.3 is 5.73 Å². The van der Waals surface area contributed by atoms with E-state index in [1.165, 1.54) is 16.5 Å². The molecule has 2 aromatic carbocycles. The van der Waals surface area contributed by atoms with Crippen LogP contribution < -0.4 is 5.73 Å². The smallest absolute Gasteiger partial charge is 0.123 e. The molecule has 3 rings (SSSR count). The van der Waals surface area contributed by atoms with Gasteiger partial charge in [-0.1, -0.05) is 30.3 Å². The molecule has 0 amide bonds. The second kappa shape index (κ2) is 5.98. The number of rotatable bonds is 4. The van der Waals surface area contributed by atoms with E-state index in [-0.39, 0.29) is 11.7 Å². The third-order valence-corrected chi connectivity index (χ3v) is 5.21. The fourth-order valence-corrected chi connectivity index (χ4v) is 4.24. The molecule has 0 fully saturated rings. The van der Waals surface area contributed by atoms with Crippen LogP contribution in [0.15, 0.2) is 53.4 Å². The molecule has 20 heavy (non-hydrogen) atoms. The van der Waals surface area contributed by atoms with E-state index in [0.29, 0.717) is 11.8 Å². The van der Waals surface area contributed by atoms with Crippen molar-refractivity contribution < 1.29 is 4.39 Å². The molecule has 104 valence electrons. The number of fused-ring (bicyclic) bond motifs is 1. The van der Waals surface area contributed by atoms with Gasteiger partial charge in [0.05, 0.1) is 0 Å². The van der Waals surface area contributed by atoms with E-state index in [1.54, 1.807) is 12.1 Å². The van der Waals surface area contributed by atoms with E-state index in [9.17, 15) is 4.39 Å². The summed E-state index contributed by atoms with van der Waals surface area (Å²) in [7, 11) is 0. The number of thioether (sulfide) groups is 1. The van der Waals surface area contributed by atoms with Crippen LogP contribution in [0, 0.1) is 5.82 Å². The fourth-order valence-electron chi connectivity index (χ4n) is 2.83. The van der Waals surface area contributed by atoms with Gasteiger partial charge in [-0.15, -0.1) is 11.8 Å². The highest BCUT2D eigenvalue weighted by Gasteiger charge is 2.25. The fraction of sp³-hybridized carbons (Fsp3) is 0.294. The second-order valence-electron chi connectivity index (χ2n) is 5.28. The summed E-state index contributed by atoms with van der Waals surface area (Å²) >= 11 is 1.93. The van der Waals surface area contributed by atoms with Crippen molar-refractivity contribution in [2.75, 3.05) is 6.54 Å². The number of nitrogens with two attached hydrogens (primary N) is 1. The lowest BCUT2D eigenvalue weighted by Crippen LogP contribution is -2.17. The third-order valence-electron chi connectivity index (χ3n) is 3.87. The Hall–Kier alpha value is -1.32. The topological polar surface area (TPSA) is 26.0 Å². The van der Waals surface area contributed by atoms with E-state index in [2.05, 4.69) is 24.3 Å². The van der Waals surface area contributed by atoms with Crippen LogP contribution in [0.4, 0.5) is 4.39 Å².